The van der Waals surface area contributed by atoms with Crippen LogP contribution in [0.3, 0.4) is 0 Å². The summed E-state index contributed by atoms with van der Waals surface area (Å²) >= 11 is 5.80. The number of hydrogen-bond donors (Lipinski definition) is 1. The predicted octanol–water partition coefficient (Wildman–Crippen LogP) is 3.14. The van der Waals surface area contributed by atoms with Crippen LogP contribution in [0.5, 0.6) is 0 Å². The third-order valence-corrected chi connectivity index (χ3v) is 6.81. The quantitative estimate of drug-likeness (QED) is 0.437. The highest BCUT2D eigenvalue weighted by Crippen LogP contribution is 2.29. The van der Waals surface area contributed by atoms with Gasteiger partial charge in [-0.1, -0.05) is 42.4 Å². The zero-order chi connectivity index (χ0) is 18.8. The molecule has 0 aromatic carbocycles. The van der Waals surface area contributed by atoms with Crippen molar-refractivity contribution in [2.45, 2.75) is 49.7 Å². The number of halogens is 1. The third kappa shape index (κ3) is 4.30. The van der Waals surface area contributed by atoms with Crippen molar-refractivity contribution in [1.29, 1.82) is 0 Å². The largest absolute Gasteiger partial charge is 0.301 e. The van der Waals surface area contributed by atoms with Crippen LogP contribution >= 0.6 is 39.0 Å². The van der Waals surface area contributed by atoms with E-state index in [1.807, 2.05) is 4.68 Å². The molecule has 0 spiro atoms. The normalized spacial score (nSPS) is 15.4. The molecular formula is C16H17BrN6O2S2. The Morgan fingerprint density at radius 1 is 1.33 bits per heavy atom. The molecule has 11 heteroatoms. The molecule has 1 N–H and O–H groups in total. The number of thioether (sulfide) groups is 1. The second kappa shape index (κ2) is 8.19. The fourth-order valence-electron chi connectivity index (χ4n) is 3.25. The van der Waals surface area contributed by atoms with Crippen molar-refractivity contribution in [2.75, 3.05) is 5.75 Å². The number of aromatic nitrogens is 6. The summed E-state index contributed by atoms with van der Waals surface area (Å²) in [6.45, 7) is 0. The molecule has 0 unspecified atom stereocenters. The maximum atomic E-state index is 12.4. The number of nitrogens with zero attached hydrogens (tertiary/aromatic N) is 5. The maximum absolute atomic E-state index is 12.4. The zero-order valence-corrected chi connectivity index (χ0v) is 17.6. The second-order valence-electron chi connectivity index (χ2n) is 6.44. The minimum Gasteiger partial charge on any atom is -0.301 e. The first kappa shape index (κ1) is 18.8. The second-order valence-corrected chi connectivity index (χ2v) is 9.74. The number of carbonyl (C=O) groups excluding carboxylic acids is 1. The molecule has 3 aromatic rings. The van der Waals surface area contributed by atoms with E-state index in [4.69, 9.17) is 0 Å². The number of hydrogen-bond acceptors (Lipinski definition) is 8. The van der Waals surface area contributed by atoms with Gasteiger partial charge >= 0.3 is 0 Å². The van der Waals surface area contributed by atoms with Gasteiger partial charge in [0.15, 0.2) is 14.7 Å². The molecule has 0 amide bonds. The van der Waals surface area contributed by atoms with E-state index in [1.165, 1.54) is 42.4 Å². The SMILES string of the molecule is O=C(CSc1nc2c(cnn2C2CCCCC2)c(=O)[nH]1)Cc1nnc(Br)s1. The highest BCUT2D eigenvalue weighted by atomic mass is 79.9. The first-order valence-corrected chi connectivity index (χ1v) is 11.3. The van der Waals surface area contributed by atoms with Crippen LogP contribution < -0.4 is 5.56 Å². The van der Waals surface area contributed by atoms with Crippen LogP contribution in [0.2, 0.25) is 0 Å². The molecule has 3 aromatic heterocycles. The minimum absolute atomic E-state index is 0.00665. The van der Waals surface area contributed by atoms with E-state index in [1.54, 1.807) is 6.20 Å². The number of rotatable bonds is 6. The lowest BCUT2D eigenvalue weighted by molar-refractivity contribution is -0.116. The number of ketones is 1. The molecule has 27 heavy (non-hydrogen) atoms. The fourth-order valence-corrected chi connectivity index (χ4v) is 5.20. The zero-order valence-electron chi connectivity index (χ0n) is 14.4. The van der Waals surface area contributed by atoms with E-state index in [0.29, 0.717) is 31.2 Å². The standard InChI is InChI=1S/C16H17BrN6O2S2/c17-15-22-21-12(27-15)6-10(24)8-26-16-19-13-11(14(25)20-16)7-18-23(13)9-4-2-1-3-5-9/h7,9H,1-6,8H2,(H,19,20,25). The summed E-state index contributed by atoms with van der Waals surface area (Å²) in [6.07, 6.45) is 7.52. The van der Waals surface area contributed by atoms with Gasteiger partial charge in [0.2, 0.25) is 0 Å². The Morgan fingerprint density at radius 2 is 2.15 bits per heavy atom. The van der Waals surface area contributed by atoms with Crippen molar-refractivity contribution in [2.24, 2.45) is 0 Å². The summed E-state index contributed by atoms with van der Waals surface area (Å²) in [7, 11) is 0. The lowest BCUT2D eigenvalue weighted by Crippen LogP contribution is -2.16. The summed E-state index contributed by atoms with van der Waals surface area (Å²) in [4.78, 5) is 31.9. The average molecular weight is 469 g/mol. The van der Waals surface area contributed by atoms with Gasteiger partial charge in [-0.05, 0) is 28.8 Å². The molecule has 0 aliphatic heterocycles. The molecule has 4 rings (SSSR count). The molecule has 1 saturated carbocycles. The minimum atomic E-state index is -0.218. The molecule has 8 nitrogen and oxygen atoms in total. The van der Waals surface area contributed by atoms with E-state index in [2.05, 4.69) is 41.2 Å². The monoisotopic (exact) mass is 468 g/mol. The van der Waals surface area contributed by atoms with Gasteiger partial charge in [-0.25, -0.2) is 9.67 Å². The number of Topliss-reactive ketones (excluding diaryl/α,β-unsaturated/α-hetero) is 1. The summed E-state index contributed by atoms with van der Waals surface area (Å²) < 4.78 is 2.54. The van der Waals surface area contributed by atoms with Crippen molar-refractivity contribution in [3.05, 3.63) is 25.5 Å². The van der Waals surface area contributed by atoms with Crippen molar-refractivity contribution >= 4 is 55.8 Å². The molecule has 0 radical (unpaired) electrons. The van der Waals surface area contributed by atoms with E-state index >= 15 is 0 Å². The van der Waals surface area contributed by atoms with Gasteiger partial charge in [0.25, 0.3) is 5.56 Å². The smallest absolute Gasteiger partial charge is 0.262 e. The van der Waals surface area contributed by atoms with Crippen LogP contribution in [0.25, 0.3) is 11.0 Å². The average Bonchev–Trinajstić information content (AvgIpc) is 3.27. The predicted molar refractivity (Wildman–Crippen MR) is 107 cm³/mol. The van der Waals surface area contributed by atoms with Gasteiger partial charge in [-0.3, -0.25) is 9.59 Å². The number of carbonyl (C=O) groups is 1. The Balaban J connectivity index is 1.50. The van der Waals surface area contributed by atoms with Crippen molar-refractivity contribution in [3.8, 4) is 0 Å². The molecule has 0 bridgehead atoms. The highest BCUT2D eigenvalue weighted by molar-refractivity contribution is 9.11. The number of fused-ring (bicyclic) bond motifs is 1. The lowest BCUT2D eigenvalue weighted by Gasteiger charge is -2.22. The van der Waals surface area contributed by atoms with Gasteiger partial charge < -0.3 is 4.98 Å². The van der Waals surface area contributed by atoms with E-state index in [-0.39, 0.29) is 23.5 Å². The Labute approximate surface area is 171 Å². The van der Waals surface area contributed by atoms with Gasteiger partial charge in [0.05, 0.1) is 24.4 Å². The van der Waals surface area contributed by atoms with Crippen molar-refractivity contribution < 1.29 is 4.79 Å². The molecular weight excluding hydrogens is 452 g/mol. The summed E-state index contributed by atoms with van der Waals surface area (Å²) in [5.74, 6) is 0.218. The summed E-state index contributed by atoms with van der Waals surface area (Å²) in [6, 6.07) is 0.292. The van der Waals surface area contributed by atoms with Gasteiger partial charge in [0.1, 0.15) is 16.2 Å². The van der Waals surface area contributed by atoms with Crippen LogP contribution in [0.4, 0.5) is 0 Å². The Bertz CT molecular complexity index is 1020. The van der Waals surface area contributed by atoms with E-state index < -0.39 is 0 Å². The molecule has 0 saturated heterocycles. The fraction of sp³-hybridized carbons (Fsp3) is 0.500. The first-order valence-electron chi connectivity index (χ1n) is 8.70. The lowest BCUT2D eigenvalue weighted by atomic mass is 9.96. The number of H-pyrrole nitrogens is 1. The van der Waals surface area contributed by atoms with Crippen LogP contribution in [-0.2, 0) is 11.2 Å². The number of nitrogens with one attached hydrogen (secondary N) is 1. The van der Waals surface area contributed by atoms with Crippen LogP contribution in [-0.4, -0.2) is 41.5 Å². The van der Waals surface area contributed by atoms with Gasteiger partial charge in [-0.2, -0.15) is 5.10 Å². The Hall–Kier alpha value is -1.59. The van der Waals surface area contributed by atoms with Crippen LogP contribution in [0.15, 0.2) is 20.1 Å². The molecule has 142 valence electrons. The molecule has 1 aliphatic rings. The van der Waals surface area contributed by atoms with Gasteiger partial charge in [-0.15, -0.1) is 10.2 Å². The Morgan fingerprint density at radius 3 is 2.89 bits per heavy atom. The molecule has 1 fully saturated rings. The first-order chi connectivity index (χ1) is 13.1. The van der Waals surface area contributed by atoms with Crippen molar-refractivity contribution in [1.82, 2.24) is 29.9 Å². The maximum Gasteiger partial charge on any atom is 0.262 e. The number of aromatic amines is 1. The topological polar surface area (TPSA) is 106 Å². The van der Waals surface area contributed by atoms with E-state index in [0.717, 1.165) is 12.8 Å². The van der Waals surface area contributed by atoms with Crippen LogP contribution in [0.1, 0.15) is 43.2 Å². The molecule has 0 atom stereocenters. The molecule has 1 aliphatic carbocycles. The Kier molecular flexibility index (Phi) is 5.69. The summed E-state index contributed by atoms with van der Waals surface area (Å²) in [5, 5.41) is 13.8. The summed E-state index contributed by atoms with van der Waals surface area (Å²) in [5.41, 5.74) is 0.388. The molecule has 3 heterocycles. The van der Waals surface area contributed by atoms with Crippen molar-refractivity contribution in [3.63, 3.8) is 0 Å². The van der Waals surface area contributed by atoms with Crippen LogP contribution in [0, 0.1) is 0 Å². The van der Waals surface area contributed by atoms with Gasteiger partial charge in [0, 0.05) is 0 Å². The highest BCUT2D eigenvalue weighted by Gasteiger charge is 2.20. The van der Waals surface area contributed by atoms with E-state index in [9.17, 15) is 9.59 Å². The third-order valence-electron chi connectivity index (χ3n) is 4.52.